The normalized spacial score (nSPS) is 19.8. The molecule has 2 atom stereocenters. The van der Waals surface area contributed by atoms with Gasteiger partial charge in [-0.1, -0.05) is 6.08 Å². The third-order valence-corrected chi connectivity index (χ3v) is 2.94. The lowest BCUT2D eigenvalue weighted by Crippen LogP contribution is -2.23. The summed E-state index contributed by atoms with van der Waals surface area (Å²) in [6.07, 6.45) is 6.71. The lowest BCUT2D eigenvalue weighted by molar-refractivity contribution is 0.141. The molecule has 1 heterocycles. The lowest BCUT2D eigenvalue weighted by atomic mass is 9.98. The number of aliphatic hydroxyl groups is 1. The maximum absolute atomic E-state index is 9.08. The van der Waals surface area contributed by atoms with Gasteiger partial charge in [-0.3, -0.25) is 4.98 Å². The minimum atomic E-state index is 0.0356. The van der Waals surface area contributed by atoms with Gasteiger partial charge < -0.3 is 15.2 Å². The molecular formula is C13H18N2O2. The summed E-state index contributed by atoms with van der Waals surface area (Å²) in [4.78, 5) is 4.34. The van der Waals surface area contributed by atoms with Crippen molar-refractivity contribution in [2.75, 3.05) is 19.0 Å². The molecule has 2 unspecified atom stereocenters. The van der Waals surface area contributed by atoms with E-state index in [0.717, 1.165) is 23.4 Å². The Balaban J connectivity index is 2.27. The van der Waals surface area contributed by atoms with Crippen LogP contribution in [0.1, 0.15) is 18.2 Å². The van der Waals surface area contributed by atoms with Crippen molar-refractivity contribution in [3.63, 3.8) is 0 Å². The zero-order valence-electron chi connectivity index (χ0n) is 10.2. The number of aliphatic hydroxyl groups excluding tert-OH is 1. The van der Waals surface area contributed by atoms with Gasteiger partial charge in [0.1, 0.15) is 0 Å². The largest absolute Gasteiger partial charge is 0.394 e. The summed E-state index contributed by atoms with van der Waals surface area (Å²) in [5.74, 6) is 0. The summed E-state index contributed by atoms with van der Waals surface area (Å²) in [5.41, 5.74) is 3.17. The van der Waals surface area contributed by atoms with Crippen LogP contribution in [0.4, 0.5) is 5.69 Å². The van der Waals surface area contributed by atoms with Crippen molar-refractivity contribution in [2.24, 2.45) is 0 Å². The highest BCUT2D eigenvalue weighted by atomic mass is 16.5. The number of hydrogen-bond donors (Lipinski definition) is 2. The fourth-order valence-corrected chi connectivity index (χ4v) is 1.94. The molecule has 0 amide bonds. The highest BCUT2D eigenvalue weighted by Crippen LogP contribution is 2.26. The molecule has 0 bridgehead atoms. The average Bonchev–Trinajstić information content (AvgIpc) is 2.38. The monoisotopic (exact) mass is 234 g/mol. The molecule has 1 aliphatic rings. The second kappa shape index (κ2) is 5.29. The molecule has 0 aromatic carbocycles. The first-order valence-corrected chi connectivity index (χ1v) is 5.81. The van der Waals surface area contributed by atoms with Crippen LogP contribution < -0.4 is 5.32 Å². The van der Waals surface area contributed by atoms with Gasteiger partial charge in [-0.25, -0.2) is 0 Å². The Labute approximate surface area is 101 Å². The van der Waals surface area contributed by atoms with E-state index in [1.54, 1.807) is 13.3 Å². The van der Waals surface area contributed by atoms with Crippen LogP contribution in [0.15, 0.2) is 18.3 Å². The predicted molar refractivity (Wildman–Crippen MR) is 67.9 cm³/mol. The van der Waals surface area contributed by atoms with Crippen molar-refractivity contribution in [1.82, 2.24) is 4.98 Å². The molecule has 1 aromatic heterocycles. The summed E-state index contributed by atoms with van der Waals surface area (Å²) >= 11 is 0. The molecule has 0 saturated heterocycles. The van der Waals surface area contributed by atoms with Crippen LogP contribution in [0.25, 0.3) is 6.08 Å². The molecule has 0 spiro atoms. The summed E-state index contributed by atoms with van der Waals surface area (Å²) in [6.45, 7) is 2.06. The van der Waals surface area contributed by atoms with E-state index in [1.165, 1.54) is 0 Å². The first-order valence-electron chi connectivity index (χ1n) is 5.81. The number of nitrogens with one attached hydrogen (secondary N) is 1. The maximum Gasteiger partial charge on any atom is 0.0797 e. The van der Waals surface area contributed by atoms with Crippen molar-refractivity contribution >= 4 is 11.8 Å². The van der Waals surface area contributed by atoms with Crippen molar-refractivity contribution in [3.05, 3.63) is 29.6 Å². The first-order chi connectivity index (χ1) is 8.24. The molecule has 0 fully saturated rings. The van der Waals surface area contributed by atoms with Crippen LogP contribution in [-0.2, 0) is 11.2 Å². The molecule has 4 heteroatoms. The van der Waals surface area contributed by atoms with Gasteiger partial charge in [0, 0.05) is 37.0 Å². The van der Waals surface area contributed by atoms with Crippen LogP contribution in [0, 0.1) is 0 Å². The number of pyridine rings is 1. The SMILES string of the molecule is COC1C=Cc2nccc(NC(C)CO)c2C1. The average molecular weight is 234 g/mol. The van der Waals surface area contributed by atoms with Gasteiger partial charge in [-0.15, -0.1) is 0 Å². The molecule has 0 saturated carbocycles. The standard InChI is InChI=1S/C13H18N2O2/c1-9(8-16)15-13-5-6-14-12-4-3-10(17-2)7-11(12)13/h3-6,9-10,16H,7-8H2,1-2H3,(H,14,15). The van der Waals surface area contributed by atoms with Crippen LogP contribution >= 0.6 is 0 Å². The number of nitrogens with zero attached hydrogens (tertiary/aromatic N) is 1. The molecule has 4 nitrogen and oxygen atoms in total. The molecular weight excluding hydrogens is 216 g/mol. The van der Waals surface area contributed by atoms with Gasteiger partial charge in [0.15, 0.2) is 0 Å². The molecule has 92 valence electrons. The first kappa shape index (κ1) is 12.1. The van der Waals surface area contributed by atoms with Crippen molar-refractivity contribution in [1.29, 1.82) is 0 Å². The predicted octanol–water partition coefficient (Wildman–Crippen LogP) is 1.46. The van der Waals surface area contributed by atoms with Crippen LogP contribution in [0.3, 0.4) is 0 Å². The Morgan fingerprint density at radius 1 is 1.65 bits per heavy atom. The maximum atomic E-state index is 9.08. The van der Waals surface area contributed by atoms with E-state index >= 15 is 0 Å². The van der Waals surface area contributed by atoms with Crippen molar-refractivity contribution in [3.8, 4) is 0 Å². The van der Waals surface area contributed by atoms with Crippen LogP contribution in [0.2, 0.25) is 0 Å². The number of ether oxygens (including phenoxy) is 1. The number of hydrogen-bond acceptors (Lipinski definition) is 4. The minimum absolute atomic E-state index is 0.0356. The van der Waals surface area contributed by atoms with Gasteiger partial charge in [0.25, 0.3) is 0 Å². The van der Waals surface area contributed by atoms with Crippen LogP contribution in [-0.4, -0.2) is 36.0 Å². The Hall–Kier alpha value is -1.39. The molecule has 1 aliphatic carbocycles. The second-order valence-electron chi connectivity index (χ2n) is 4.29. The Morgan fingerprint density at radius 2 is 2.47 bits per heavy atom. The zero-order chi connectivity index (χ0) is 12.3. The van der Waals surface area contributed by atoms with E-state index in [0.29, 0.717) is 0 Å². The van der Waals surface area contributed by atoms with E-state index in [9.17, 15) is 0 Å². The third-order valence-electron chi connectivity index (χ3n) is 2.94. The number of rotatable bonds is 4. The minimum Gasteiger partial charge on any atom is -0.394 e. The summed E-state index contributed by atoms with van der Waals surface area (Å²) in [7, 11) is 1.71. The van der Waals surface area contributed by atoms with Gasteiger partial charge in [-0.05, 0) is 19.1 Å². The topological polar surface area (TPSA) is 54.4 Å². The number of aromatic nitrogens is 1. The van der Waals surface area contributed by atoms with Gasteiger partial charge in [0.2, 0.25) is 0 Å². The third kappa shape index (κ3) is 2.65. The number of fused-ring (bicyclic) bond motifs is 1. The number of methoxy groups -OCH3 is 1. The Morgan fingerprint density at radius 3 is 3.18 bits per heavy atom. The summed E-state index contributed by atoms with van der Waals surface area (Å²) in [6, 6.07) is 1.98. The van der Waals surface area contributed by atoms with E-state index in [4.69, 9.17) is 9.84 Å². The Bertz CT molecular complexity index is 418. The Kier molecular flexibility index (Phi) is 3.76. The molecule has 17 heavy (non-hydrogen) atoms. The smallest absolute Gasteiger partial charge is 0.0797 e. The van der Waals surface area contributed by atoms with E-state index < -0.39 is 0 Å². The van der Waals surface area contributed by atoms with Gasteiger partial charge >= 0.3 is 0 Å². The second-order valence-corrected chi connectivity index (χ2v) is 4.29. The van der Waals surface area contributed by atoms with E-state index in [1.807, 2.05) is 25.1 Å². The zero-order valence-corrected chi connectivity index (χ0v) is 10.2. The highest BCUT2D eigenvalue weighted by molar-refractivity contribution is 5.64. The molecule has 0 radical (unpaired) electrons. The van der Waals surface area contributed by atoms with Gasteiger partial charge in [0.05, 0.1) is 18.4 Å². The van der Waals surface area contributed by atoms with Gasteiger partial charge in [-0.2, -0.15) is 0 Å². The molecule has 2 rings (SSSR count). The van der Waals surface area contributed by atoms with E-state index in [2.05, 4.69) is 10.3 Å². The summed E-state index contributed by atoms with van der Waals surface area (Å²) in [5, 5.41) is 12.4. The van der Waals surface area contributed by atoms with Crippen molar-refractivity contribution < 1.29 is 9.84 Å². The lowest BCUT2D eigenvalue weighted by Gasteiger charge is -2.22. The quantitative estimate of drug-likeness (QED) is 0.828. The molecule has 1 aromatic rings. The fraction of sp³-hybridized carbons (Fsp3) is 0.462. The molecule has 0 aliphatic heterocycles. The van der Waals surface area contributed by atoms with E-state index in [-0.39, 0.29) is 18.8 Å². The fourth-order valence-electron chi connectivity index (χ4n) is 1.94. The number of anilines is 1. The molecule has 2 N–H and O–H groups in total. The van der Waals surface area contributed by atoms with Crippen LogP contribution in [0.5, 0.6) is 0 Å². The highest BCUT2D eigenvalue weighted by Gasteiger charge is 2.17. The summed E-state index contributed by atoms with van der Waals surface area (Å²) < 4.78 is 5.34. The van der Waals surface area contributed by atoms with Crippen molar-refractivity contribution in [2.45, 2.75) is 25.5 Å².